The molecule has 27 heavy (non-hydrogen) atoms. The molecule has 2 aromatic rings. The third-order valence-electron chi connectivity index (χ3n) is 5.87. The Morgan fingerprint density at radius 3 is 2.63 bits per heavy atom. The second kappa shape index (κ2) is 7.94. The molecule has 4 rings (SSSR count). The number of pyridine rings is 1. The molecule has 0 saturated carbocycles. The van der Waals surface area contributed by atoms with Crippen LogP contribution in [0.4, 0.5) is 5.82 Å². The zero-order valence-corrected chi connectivity index (χ0v) is 15.6. The summed E-state index contributed by atoms with van der Waals surface area (Å²) in [7, 11) is 0. The van der Waals surface area contributed by atoms with Crippen LogP contribution in [0.5, 0.6) is 0 Å². The number of hydrogen-bond donors (Lipinski definition) is 2. The second-order valence-electron chi connectivity index (χ2n) is 7.49. The Hall–Kier alpha value is -1.99. The van der Waals surface area contributed by atoms with Crippen molar-refractivity contribution in [2.45, 2.75) is 24.6 Å². The molecule has 0 aliphatic carbocycles. The molecule has 0 bridgehead atoms. The fourth-order valence-corrected chi connectivity index (χ4v) is 4.32. The number of likely N-dealkylation sites (tertiary alicyclic amines) is 1. The Morgan fingerprint density at radius 2 is 1.89 bits per heavy atom. The molecular formula is C21H28N4O2. The number of ether oxygens (including phenoxy) is 1. The van der Waals surface area contributed by atoms with Gasteiger partial charge in [-0.2, -0.15) is 0 Å². The van der Waals surface area contributed by atoms with Gasteiger partial charge >= 0.3 is 0 Å². The van der Waals surface area contributed by atoms with Crippen LogP contribution in [0.25, 0.3) is 0 Å². The highest BCUT2D eigenvalue weighted by atomic mass is 16.5. The fourth-order valence-electron chi connectivity index (χ4n) is 4.32. The third kappa shape index (κ3) is 3.84. The molecule has 144 valence electrons. The predicted octanol–water partition coefficient (Wildman–Crippen LogP) is 1.46. The summed E-state index contributed by atoms with van der Waals surface area (Å²) in [5, 5.41) is 11.7. The standard InChI is InChI=1S/C21H28N4O2/c22-20-17(5-4-9-23-20)15-24-10-8-21(26,18-6-2-1-3-7-18)19(16-24)25-11-13-27-14-12-25/h1-7,9,19,26H,8,10-16H2,(H2,22,23)/t19-,21+/m1/s1. The predicted molar refractivity (Wildman–Crippen MR) is 105 cm³/mol. The molecule has 0 amide bonds. The summed E-state index contributed by atoms with van der Waals surface area (Å²) in [6.45, 7) is 5.50. The van der Waals surface area contributed by atoms with Crippen molar-refractivity contribution < 1.29 is 9.84 Å². The summed E-state index contributed by atoms with van der Waals surface area (Å²) < 4.78 is 5.54. The van der Waals surface area contributed by atoms with Crippen LogP contribution in [0.15, 0.2) is 48.7 Å². The Morgan fingerprint density at radius 1 is 1.11 bits per heavy atom. The van der Waals surface area contributed by atoms with Crippen LogP contribution in [-0.4, -0.2) is 65.3 Å². The summed E-state index contributed by atoms with van der Waals surface area (Å²) in [4.78, 5) is 8.97. The number of morpholine rings is 1. The maximum Gasteiger partial charge on any atom is 0.127 e. The van der Waals surface area contributed by atoms with E-state index in [1.54, 1.807) is 6.20 Å². The van der Waals surface area contributed by atoms with Crippen molar-refractivity contribution >= 4 is 5.82 Å². The van der Waals surface area contributed by atoms with Gasteiger partial charge in [0, 0.05) is 44.5 Å². The largest absolute Gasteiger partial charge is 0.383 e. The maximum absolute atomic E-state index is 11.7. The highest BCUT2D eigenvalue weighted by molar-refractivity contribution is 5.38. The first kappa shape index (κ1) is 18.4. The molecule has 3 N–H and O–H groups in total. The highest BCUT2D eigenvalue weighted by Gasteiger charge is 2.45. The topological polar surface area (TPSA) is 74.8 Å². The van der Waals surface area contributed by atoms with Crippen molar-refractivity contribution in [3.8, 4) is 0 Å². The van der Waals surface area contributed by atoms with Crippen LogP contribution in [0.3, 0.4) is 0 Å². The van der Waals surface area contributed by atoms with Crippen molar-refractivity contribution in [1.29, 1.82) is 0 Å². The minimum Gasteiger partial charge on any atom is -0.383 e. The normalized spacial score (nSPS) is 27.5. The zero-order valence-electron chi connectivity index (χ0n) is 15.6. The van der Waals surface area contributed by atoms with Crippen molar-refractivity contribution in [3.05, 3.63) is 59.8 Å². The van der Waals surface area contributed by atoms with E-state index < -0.39 is 5.60 Å². The van der Waals surface area contributed by atoms with Crippen molar-refractivity contribution in [3.63, 3.8) is 0 Å². The molecule has 0 unspecified atom stereocenters. The van der Waals surface area contributed by atoms with E-state index in [9.17, 15) is 5.11 Å². The lowest BCUT2D eigenvalue weighted by Gasteiger charge is -2.50. The molecule has 2 aliphatic rings. The van der Waals surface area contributed by atoms with Crippen LogP contribution in [0.1, 0.15) is 17.5 Å². The first-order valence-corrected chi connectivity index (χ1v) is 9.68. The summed E-state index contributed by atoms with van der Waals surface area (Å²) in [5.74, 6) is 0.587. The number of benzene rings is 1. The number of aromatic nitrogens is 1. The second-order valence-corrected chi connectivity index (χ2v) is 7.49. The van der Waals surface area contributed by atoms with E-state index in [1.807, 2.05) is 42.5 Å². The molecule has 3 heterocycles. The Balaban J connectivity index is 1.58. The van der Waals surface area contributed by atoms with Gasteiger partial charge in [-0.05, 0) is 18.1 Å². The number of nitrogen functional groups attached to an aromatic ring is 1. The molecule has 0 spiro atoms. The number of nitrogens with two attached hydrogens (primary N) is 1. The van der Waals surface area contributed by atoms with Gasteiger partial charge in [0.05, 0.1) is 19.3 Å². The Kier molecular flexibility index (Phi) is 5.41. The lowest BCUT2D eigenvalue weighted by molar-refractivity contribution is -0.119. The smallest absolute Gasteiger partial charge is 0.127 e. The number of anilines is 1. The SMILES string of the molecule is Nc1ncccc1CN1CC[C@](O)(c2ccccc2)[C@H](N2CCOCC2)C1. The molecule has 2 fully saturated rings. The average Bonchev–Trinajstić information content (AvgIpc) is 2.72. The first-order valence-electron chi connectivity index (χ1n) is 9.68. The monoisotopic (exact) mass is 368 g/mol. The van der Waals surface area contributed by atoms with Gasteiger partial charge in [0.25, 0.3) is 0 Å². The van der Waals surface area contributed by atoms with Gasteiger partial charge in [0.1, 0.15) is 11.4 Å². The highest BCUT2D eigenvalue weighted by Crippen LogP contribution is 2.37. The molecule has 2 aliphatic heterocycles. The molecule has 2 atom stereocenters. The van der Waals surface area contributed by atoms with E-state index in [1.165, 1.54) is 0 Å². The van der Waals surface area contributed by atoms with Gasteiger partial charge in [0.2, 0.25) is 0 Å². The van der Waals surface area contributed by atoms with Crippen LogP contribution in [0, 0.1) is 0 Å². The van der Waals surface area contributed by atoms with Crippen LogP contribution < -0.4 is 5.73 Å². The van der Waals surface area contributed by atoms with Crippen molar-refractivity contribution in [2.75, 3.05) is 45.1 Å². The lowest BCUT2D eigenvalue weighted by atomic mass is 9.79. The van der Waals surface area contributed by atoms with Gasteiger partial charge in [-0.25, -0.2) is 4.98 Å². The summed E-state index contributed by atoms with van der Waals surface area (Å²) in [6, 6.07) is 14.1. The average molecular weight is 368 g/mol. The number of aliphatic hydroxyl groups is 1. The van der Waals surface area contributed by atoms with Crippen molar-refractivity contribution in [2.24, 2.45) is 0 Å². The van der Waals surface area contributed by atoms with Crippen molar-refractivity contribution in [1.82, 2.24) is 14.8 Å². The summed E-state index contributed by atoms with van der Waals surface area (Å²) in [6.07, 6.45) is 2.42. The van der Waals surface area contributed by atoms with E-state index >= 15 is 0 Å². The fraction of sp³-hybridized carbons (Fsp3) is 0.476. The molecule has 2 saturated heterocycles. The third-order valence-corrected chi connectivity index (χ3v) is 5.87. The Bertz CT molecular complexity index is 751. The van der Waals surface area contributed by atoms with E-state index in [0.29, 0.717) is 12.2 Å². The van der Waals surface area contributed by atoms with Gasteiger partial charge in [-0.15, -0.1) is 0 Å². The first-order chi connectivity index (χ1) is 13.2. The molecule has 1 aromatic carbocycles. The van der Waals surface area contributed by atoms with Gasteiger partial charge in [-0.1, -0.05) is 36.4 Å². The lowest BCUT2D eigenvalue weighted by Crippen LogP contribution is -2.62. The van der Waals surface area contributed by atoms with Gasteiger partial charge in [0.15, 0.2) is 0 Å². The number of nitrogens with zero attached hydrogens (tertiary/aromatic N) is 3. The Labute approximate surface area is 160 Å². The molecule has 1 aromatic heterocycles. The van der Waals surface area contributed by atoms with E-state index in [0.717, 1.165) is 57.1 Å². The van der Waals surface area contributed by atoms with Crippen LogP contribution in [-0.2, 0) is 16.9 Å². The zero-order chi connectivity index (χ0) is 18.7. The molecule has 6 nitrogen and oxygen atoms in total. The van der Waals surface area contributed by atoms with Crippen LogP contribution >= 0.6 is 0 Å². The summed E-state index contributed by atoms with van der Waals surface area (Å²) >= 11 is 0. The van der Waals surface area contributed by atoms with E-state index in [-0.39, 0.29) is 6.04 Å². The van der Waals surface area contributed by atoms with E-state index in [2.05, 4.69) is 14.8 Å². The number of rotatable bonds is 4. The van der Waals surface area contributed by atoms with Gasteiger partial charge in [-0.3, -0.25) is 9.80 Å². The van der Waals surface area contributed by atoms with Crippen LogP contribution in [0.2, 0.25) is 0 Å². The quantitative estimate of drug-likeness (QED) is 0.851. The molecular weight excluding hydrogens is 340 g/mol. The maximum atomic E-state index is 11.7. The van der Waals surface area contributed by atoms with Gasteiger partial charge < -0.3 is 15.6 Å². The summed E-state index contributed by atoms with van der Waals surface area (Å²) in [5.41, 5.74) is 7.24. The molecule has 0 radical (unpaired) electrons. The number of piperidine rings is 1. The molecule has 6 heteroatoms. The van der Waals surface area contributed by atoms with E-state index in [4.69, 9.17) is 10.5 Å². The number of hydrogen-bond acceptors (Lipinski definition) is 6. The minimum atomic E-state index is -0.852. The minimum absolute atomic E-state index is 0.0236.